The van der Waals surface area contributed by atoms with Gasteiger partial charge in [0.25, 0.3) is 5.91 Å². The first-order chi connectivity index (χ1) is 7.16. The monoisotopic (exact) mass is 289 g/mol. The van der Waals surface area contributed by atoms with Gasteiger partial charge < -0.3 is 0 Å². The van der Waals surface area contributed by atoms with E-state index < -0.39 is 0 Å². The van der Waals surface area contributed by atoms with Gasteiger partial charge >= 0.3 is 0 Å². The molecule has 1 saturated heterocycles. The molecule has 0 atom stereocenters. The van der Waals surface area contributed by atoms with E-state index in [2.05, 4.69) is 15.9 Å². The zero-order chi connectivity index (χ0) is 10.8. The number of halogens is 2. The third-order valence-electron chi connectivity index (χ3n) is 2.09. The van der Waals surface area contributed by atoms with E-state index in [4.69, 9.17) is 16.4 Å². The minimum Gasteiger partial charge on any atom is -0.271 e. The van der Waals surface area contributed by atoms with Crippen molar-refractivity contribution in [2.75, 3.05) is 13.2 Å². The second-order valence-electron chi connectivity index (χ2n) is 3.25. The van der Waals surface area contributed by atoms with Crippen molar-refractivity contribution in [3.8, 4) is 0 Å². The Hall–Kier alpha value is -0.580. The van der Waals surface area contributed by atoms with Crippen LogP contribution in [0.5, 0.6) is 0 Å². The van der Waals surface area contributed by atoms with Crippen LogP contribution in [0.15, 0.2) is 22.7 Å². The first-order valence-electron chi connectivity index (χ1n) is 4.58. The van der Waals surface area contributed by atoms with Crippen LogP contribution in [0.3, 0.4) is 0 Å². The molecular weight excluding hydrogens is 281 g/mol. The number of carbonyl (C=O) groups is 1. The number of amides is 1. The Balaban J connectivity index is 2.24. The number of benzene rings is 1. The van der Waals surface area contributed by atoms with Gasteiger partial charge in [-0.05, 0) is 24.6 Å². The van der Waals surface area contributed by atoms with Gasteiger partial charge in [0.05, 0.1) is 13.2 Å². The van der Waals surface area contributed by atoms with Crippen LogP contribution in [0.2, 0.25) is 5.02 Å². The van der Waals surface area contributed by atoms with E-state index in [9.17, 15) is 4.79 Å². The minimum absolute atomic E-state index is 0.143. The topological polar surface area (TPSA) is 29.5 Å². The lowest BCUT2D eigenvalue weighted by Crippen LogP contribution is -2.26. The van der Waals surface area contributed by atoms with Crippen LogP contribution in [0, 0.1) is 0 Å². The van der Waals surface area contributed by atoms with Gasteiger partial charge in [-0.15, -0.1) is 0 Å². The summed E-state index contributed by atoms with van der Waals surface area (Å²) in [6, 6.07) is 5.11. The molecule has 0 aromatic heterocycles. The molecule has 0 spiro atoms. The molecule has 2 rings (SSSR count). The van der Waals surface area contributed by atoms with Crippen molar-refractivity contribution < 1.29 is 9.63 Å². The summed E-state index contributed by atoms with van der Waals surface area (Å²) >= 11 is 9.15. The molecule has 0 radical (unpaired) electrons. The van der Waals surface area contributed by atoms with Crippen LogP contribution in [0.4, 0.5) is 0 Å². The van der Waals surface area contributed by atoms with Crippen molar-refractivity contribution in [1.82, 2.24) is 5.06 Å². The van der Waals surface area contributed by atoms with Crippen LogP contribution < -0.4 is 0 Å². The predicted molar refractivity (Wildman–Crippen MR) is 60.8 cm³/mol. The van der Waals surface area contributed by atoms with Gasteiger partial charge in [-0.3, -0.25) is 9.63 Å². The third-order valence-corrected chi connectivity index (χ3v) is 2.76. The van der Waals surface area contributed by atoms with E-state index in [0.29, 0.717) is 23.7 Å². The molecule has 0 saturated carbocycles. The summed E-state index contributed by atoms with van der Waals surface area (Å²) in [5, 5.41) is 1.91. The Bertz CT molecular complexity index is 371. The molecule has 1 aromatic carbocycles. The van der Waals surface area contributed by atoms with Crippen molar-refractivity contribution in [2.24, 2.45) is 0 Å². The van der Waals surface area contributed by atoms with E-state index in [1.54, 1.807) is 18.2 Å². The van der Waals surface area contributed by atoms with E-state index in [1.807, 2.05) is 0 Å². The highest BCUT2D eigenvalue weighted by atomic mass is 79.9. The molecule has 80 valence electrons. The zero-order valence-corrected chi connectivity index (χ0v) is 10.2. The largest absolute Gasteiger partial charge is 0.277 e. The Labute approximate surface area is 101 Å². The molecule has 0 bridgehead atoms. The molecule has 0 N–H and O–H groups in total. The summed E-state index contributed by atoms with van der Waals surface area (Å²) in [4.78, 5) is 17.0. The van der Waals surface area contributed by atoms with Crippen LogP contribution in [-0.2, 0) is 4.84 Å². The fraction of sp³-hybridized carbons (Fsp3) is 0.300. The maximum atomic E-state index is 11.9. The summed E-state index contributed by atoms with van der Waals surface area (Å²) in [5.74, 6) is -0.143. The summed E-state index contributed by atoms with van der Waals surface area (Å²) in [6.07, 6.45) is 0.882. The van der Waals surface area contributed by atoms with Crippen LogP contribution in [0.1, 0.15) is 16.8 Å². The van der Waals surface area contributed by atoms with Gasteiger partial charge in [0.15, 0.2) is 0 Å². The molecule has 1 fully saturated rings. The van der Waals surface area contributed by atoms with Crippen molar-refractivity contribution in [3.63, 3.8) is 0 Å². The standard InChI is InChI=1S/C10H9BrClNO2/c11-8-4-7(5-9(12)6-8)10(14)13-2-1-3-15-13/h4-6H,1-3H2. The quantitative estimate of drug-likeness (QED) is 0.796. The molecule has 15 heavy (non-hydrogen) atoms. The van der Waals surface area contributed by atoms with Gasteiger partial charge in [-0.25, -0.2) is 5.06 Å². The van der Waals surface area contributed by atoms with Gasteiger partial charge in [0, 0.05) is 15.1 Å². The van der Waals surface area contributed by atoms with Gasteiger partial charge in [0.2, 0.25) is 0 Å². The highest BCUT2D eigenvalue weighted by molar-refractivity contribution is 9.10. The molecule has 1 amide bonds. The first-order valence-corrected chi connectivity index (χ1v) is 5.75. The summed E-state index contributed by atoms with van der Waals surface area (Å²) < 4.78 is 0.789. The highest BCUT2D eigenvalue weighted by Gasteiger charge is 2.21. The molecule has 0 aliphatic carbocycles. The van der Waals surface area contributed by atoms with E-state index in [0.717, 1.165) is 10.9 Å². The average Bonchev–Trinajstić information content (AvgIpc) is 2.67. The number of hydroxylamine groups is 2. The molecule has 5 heteroatoms. The maximum absolute atomic E-state index is 11.9. The van der Waals surface area contributed by atoms with Gasteiger partial charge in [-0.2, -0.15) is 0 Å². The molecule has 1 aliphatic rings. The lowest BCUT2D eigenvalue weighted by atomic mass is 10.2. The molecule has 1 heterocycles. The first kappa shape index (κ1) is 10.9. The van der Waals surface area contributed by atoms with Crippen molar-refractivity contribution >= 4 is 33.4 Å². The number of carbonyl (C=O) groups excluding carboxylic acids is 1. The summed E-state index contributed by atoms with van der Waals surface area (Å²) in [7, 11) is 0. The van der Waals surface area contributed by atoms with Gasteiger partial charge in [-0.1, -0.05) is 27.5 Å². The Morgan fingerprint density at radius 3 is 2.87 bits per heavy atom. The molecule has 3 nitrogen and oxygen atoms in total. The van der Waals surface area contributed by atoms with E-state index >= 15 is 0 Å². The number of hydrogen-bond donors (Lipinski definition) is 0. The maximum Gasteiger partial charge on any atom is 0.277 e. The second kappa shape index (κ2) is 4.51. The average molecular weight is 291 g/mol. The normalized spacial score (nSPS) is 15.7. The third kappa shape index (κ3) is 2.51. The van der Waals surface area contributed by atoms with Crippen molar-refractivity contribution in [2.45, 2.75) is 6.42 Å². The number of hydrogen-bond acceptors (Lipinski definition) is 2. The fourth-order valence-corrected chi connectivity index (χ4v) is 2.29. The predicted octanol–water partition coefficient (Wildman–Crippen LogP) is 2.88. The summed E-state index contributed by atoms with van der Waals surface area (Å²) in [5.41, 5.74) is 0.538. The molecule has 0 unspecified atom stereocenters. The fourth-order valence-electron chi connectivity index (χ4n) is 1.43. The summed E-state index contributed by atoms with van der Waals surface area (Å²) in [6.45, 7) is 1.25. The Morgan fingerprint density at radius 2 is 2.27 bits per heavy atom. The minimum atomic E-state index is -0.143. The van der Waals surface area contributed by atoms with Crippen molar-refractivity contribution in [1.29, 1.82) is 0 Å². The smallest absolute Gasteiger partial charge is 0.271 e. The highest BCUT2D eigenvalue weighted by Crippen LogP contribution is 2.21. The Kier molecular flexibility index (Phi) is 3.29. The van der Waals surface area contributed by atoms with E-state index in [1.165, 1.54) is 5.06 Å². The molecule has 1 aromatic rings. The number of rotatable bonds is 1. The van der Waals surface area contributed by atoms with Crippen molar-refractivity contribution in [3.05, 3.63) is 33.3 Å². The molecular formula is C10H9BrClNO2. The molecule has 1 aliphatic heterocycles. The lowest BCUT2D eigenvalue weighted by molar-refractivity contribution is -0.0768. The second-order valence-corrected chi connectivity index (χ2v) is 4.60. The van der Waals surface area contributed by atoms with Crippen LogP contribution in [-0.4, -0.2) is 24.1 Å². The SMILES string of the molecule is O=C(c1cc(Cl)cc(Br)c1)N1CCCO1. The zero-order valence-electron chi connectivity index (χ0n) is 7.87. The van der Waals surface area contributed by atoms with E-state index in [-0.39, 0.29) is 5.91 Å². The van der Waals surface area contributed by atoms with Gasteiger partial charge in [0.1, 0.15) is 0 Å². The number of nitrogens with zero attached hydrogens (tertiary/aromatic N) is 1. The van der Waals surface area contributed by atoms with Crippen LogP contribution in [0.25, 0.3) is 0 Å². The lowest BCUT2D eigenvalue weighted by Gasteiger charge is -2.13. The Morgan fingerprint density at radius 1 is 1.47 bits per heavy atom. The van der Waals surface area contributed by atoms with Crippen LogP contribution >= 0.6 is 27.5 Å².